The standard InChI is InChI=1S/C11H16N4O3.ClH/c1-11(2,6-12)14-10(16)7-3-4-8(13)9(5-7)15(17)18;/h3-5H,6,12-13H2,1-2H3,(H,14,16);1H. The molecule has 0 saturated heterocycles. The summed E-state index contributed by atoms with van der Waals surface area (Å²) in [4.78, 5) is 22.0. The number of nitrogens with one attached hydrogen (secondary N) is 1. The van der Waals surface area contributed by atoms with E-state index < -0.39 is 16.4 Å². The van der Waals surface area contributed by atoms with Crippen LogP contribution in [0.1, 0.15) is 24.2 Å². The maximum absolute atomic E-state index is 11.9. The molecule has 106 valence electrons. The van der Waals surface area contributed by atoms with E-state index in [-0.39, 0.29) is 35.9 Å². The highest BCUT2D eigenvalue weighted by Gasteiger charge is 2.21. The van der Waals surface area contributed by atoms with Gasteiger partial charge in [0.2, 0.25) is 0 Å². The third-order valence-electron chi connectivity index (χ3n) is 2.45. The van der Waals surface area contributed by atoms with Crippen molar-refractivity contribution >= 4 is 29.7 Å². The van der Waals surface area contributed by atoms with Gasteiger partial charge in [0.15, 0.2) is 0 Å². The first-order chi connectivity index (χ1) is 8.26. The second-order valence-corrected chi connectivity index (χ2v) is 4.57. The molecule has 0 fully saturated rings. The van der Waals surface area contributed by atoms with E-state index in [0.717, 1.165) is 6.07 Å². The molecule has 0 aliphatic carbocycles. The molecule has 1 aromatic carbocycles. The zero-order valence-electron chi connectivity index (χ0n) is 10.7. The number of rotatable bonds is 4. The molecule has 0 heterocycles. The van der Waals surface area contributed by atoms with Crippen LogP contribution in [0, 0.1) is 10.1 Å². The van der Waals surface area contributed by atoms with Gasteiger partial charge in [0.1, 0.15) is 5.69 Å². The monoisotopic (exact) mass is 288 g/mol. The zero-order chi connectivity index (χ0) is 13.9. The minimum absolute atomic E-state index is 0. The van der Waals surface area contributed by atoms with Crippen molar-refractivity contribution in [3.63, 3.8) is 0 Å². The largest absolute Gasteiger partial charge is 0.393 e. The number of carbonyl (C=O) groups excluding carboxylic acids is 1. The summed E-state index contributed by atoms with van der Waals surface area (Å²) in [6.07, 6.45) is 0. The molecule has 8 heteroatoms. The van der Waals surface area contributed by atoms with Crippen LogP contribution < -0.4 is 16.8 Å². The lowest BCUT2D eigenvalue weighted by Gasteiger charge is -2.24. The lowest BCUT2D eigenvalue weighted by Crippen LogP contribution is -2.48. The van der Waals surface area contributed by atoms with E-state index in [9.17, 15) is 14.9 Å². The van der Waals surface area contributed by atoms with E-state index in [1.165, 1.54) is 12.1 Å². The Morgan fingerprint density at radius 1 is 1.47 bits per heavy atom. The van der Waals surface area contributed by atoms with Gasteiger partial charge in [0.05, 0.1) is 4.92 Å². The lowest BCUT2D eigenvalue weighted by atomic mass is 10.0. The van der Waals surface area contributed by atoms with E-state index in [0.29, 0.717) is 0 Å². The van der Waals surface area contributed by atoms with Crippen molar-refractivity contribution < 1.29 is 9.72 Å². The number of nitro benzene ring substituents is 1. The summed E-state index contributed by atoms with van der Waals surface area (Å²) in [5.74, 6) is -0.423. The molecule has 0 aromatic heterocycles. The number of hydrogen-bond acceptors (Lipinski definition) is 5. The number of carbonyl (C=O) groups is 1. The van der Waals surface area contributed by atoms with Crippen molar-refractivity contribution in [1.29, 1.82) is 0 Å². The van der Waals surface area contributed by atoms with Gasteiger partial charge in [0.25, 0.3) is 11.6 Å². The van der Waals surface area contributed by atoms with Gasteiger partial charge in [-0.05, 0) is 26.0 Å². The highest BCUT2D eigenvalue weighted by atomic mass is 35.5. The Morgan fingerprint density at radius 2 is 2.05 bits per heavy atom. The Labute approximate surface area is 116 Å². The molecule has 0 atom stereocenters. The molecule has 0 saturated carbocycles. The summed E-state index contributed by atoms with van der Waals surface area (Å²) >= 11 is 0. The number of halogens is 1. The van der Waals surface area contributed by atoms with Crippen LogP contribution in [0.2, 0.25) is 0 Å². The fraction of sp³-hybridized carbons (Fsp3) is 0.364. The number of hydrogen-bond donors (Lipinski definition) is 3. The molecule has 0 aliphatic heterocycles. The Balaban J connectivity index is 0.00000324. The maximum Gasteiger partial charge on any atom is 0.292 e. The summed E-state index contributed by atoms with van der Waals surface area (Å²) in [5, 5.41) is 13.4. The quantitative estimate of drug-likeness (QED) is 0.434. The summed E-state index contributed by atoms with van der Waals surface area (Å²) in [6, 6.07) is 3.92. The fourth-order valence-corrected chi connectivity index (χ4v) is 1.27. The van der Waals surface area contributed by atoms with Crippen molar-refractivity contribution in [3.05, 3.63) is 33.9 Å². The number of nitro groups is 1. The smallest absolute Gasteiger partial charge is 0.292 e. The first kappa shape index (κ1) is 17.1. The van der Waals surface area contributed by atoms with E-state index in [4.69, 9.17) is 11.5 Å². The summed E-state index contributed by atoms with van der Waals surface area (Å²) in [7, 11) is 0. The van der Waals surface area contributed by atoms with Crippen LogP contribution in [0.3, 0.4) is 0 Å². The normalized spacial score (nSPS) is 10.5. The number of nitrogens with zero attached hydrogens (tertiary/aromatic N) is 1. The lowest BCUT2D eigenvalue weighted by molar-refractivity contribution is -0.383. The number of nitrogen functional groups attached to an aromatic ring is 1. The average molecular weight is 289 g/mol. The molecule has 7 nitrogen and oxygen atoms in total. The Morgan fingerprint density at radius 3 is 2.53 bits per heavy atom. The fourth-order valence-electron chi connectivity index (χ4n) is 1.27. The molecule has 5 N–H and O–H groups in total. The van der Waals surface area contributed by atoms with Crippen molar-refractivity contribution in [3.8, 4) is 0 Å². The van der Waals surface area contributed by atoms with Crippen molar-refractivity contribution in [1.82, 2.24) is 5.32 Å². The second kappa shape index (κ2) is 6.35. The van der Waals surface area contributed by atoms with Gasteiger partial charge in [0, 0.05) is 23.7 Å². The minimum atomic E-state index is -0.625. The highest BCUT2D eigenvalue weighted by Crippen LogP contribution is 2.22. The van der Waals surface area contributed by atoms with E-state index in [1.807, 2.05) is 0 Å². The Hall–Kier alpha value is -1.86. The third-order valence-corrected chi connectivity index (χ3v) is 2.45. The molecule has 0 spiro atoms. The average Bonchev–Trinajstić information content (AvgIpc) is 2.28. The van der Waals surface area contributed by atoms with Crippen LogP contribution in [0.4, 0.5) is 11.4 Å². The first-order valence-electron chi connectivity index (χ1n) is 5.33. The predicted molar refractivity (Wildman–Crippen MR) is 75.4 cm³/mol. The van der Waals surface area contributed by atoms with Crippen LogP contribution in [0.15, 0.2) is 18.2 Å². The number of anilines is 1. The zero-order valence-corrected chi connectivity index (χ0v) is 11.5. The van der Waals surface area contributed by atoms with Gasteiger partial charge in [-0.1, -0.05) is 0 Å². The molecule has 0 radical (unpaired) electrons. The molecule has 0 aliphatic rings. The van der Waals surface area contributed by atoms with Crippen molar-refractivity contribution in [2.75, 3.05) is 12.3 Å². The highest BCUT2D eigenvalue weighted by molar-refractivity contribution is 5.96. The SMILES string of the molecule is CC(C)(CN)NC(=O)c1ccc(N)c([N+](=O)[O-])c1.Cl. The molecule has 0 bridgehead atoms. The van der Waals surface area contributed by atoms with Crippen molar-refractivity contribution in [2.24, 2.45) is 5.73 Å². The van der Waals surface area contributed by atoms with Crippen LogP contribution in [0.5, 0.6) is 0 Å². The number of nitrogens with two attached hydrogens (primary N) is 2. The summed E-state index contributed by atoms with van der Waals surface area (Å²) in [5.41, 5.74) is 10.3. The first-order valence-corrected chi connectivity index (χ1v) is 5.33. The summed E-state index contributed by atoms with van der Waals surface area (Å²) < 4.78 is 0. The second-order valence-electron chi connectivity index (χ2n) is 4.57. The van der Waals surface area contributed by atoms with Crippen LogP contribution in [0.25, 0.3) is 0 Å². The Bertz CT molecular complexity index is 491. The predicted octanol–water partition coefficient (Wildman–Crippen LogP) is 1.07. The van der Waals surface area contributed by atoms with Crippen LogP contribution >= 0.6 is 12.4 Å². The third kappa shape index (κ3) is 4.38. The topological polar surface area (TPSA) is 124 Å². The van der Waals surface area contributed by atoms with Gasteiger partial charge in [-0.25, -0.2) is 0 Å². The van der Waals surface area contributed by atoms with Gasteiger partial charge < -0.3 is 16.8 Å². The van der Waals surface area contributed by atoms with Crippen LogP contribution in [-0.4, -0.2) is 22.9 Å². The van der Waals surface area contributed by atoms with Crippen molar-refractivity contribution in [2.45, 2.75) is 19.4 Å². The molecule has 1 aromatic rings. The Kier molecular flexibility index (Phi) is 5.73. The minimum Gasteiger partial charge on any atom is -0.393 e. The molecule has 1 rings (SSSR count). The van der Waals surface area contributed by atoms with E-state index >= 15 is 0 Å². The maximum atomic E-state index is 11.9. The summed E-state index contributed by atoms with van der Waals surface area (Å²) in [6.45, 7) is 3.78. The molecular formula is C11H17ClN4O3. The van der Waals surface area contributed by atoms with E-state index in [2.05, 4.69) is 5.32 Å². The molecule has 0 unspecified atom stereocenters. The van der Waals surface area contributed by atoms with Gasteiger partial charge in [-0.3, -0.25) is 14.9 Å². The van der Waals surface area contributed by atoms with Gasteiger partial charge in [-0.2, -0.15) is 0 Å². The molecule has 1 amide bonds. The molecule has 19 heavy (non-hydrogen) atoms. The van der Waals surface area contributed by atoms with Crippen LogP contribution in [-0.2, 0) is 0 Å². The molecular weight excluding hydrogens is 272 g/mol. The van der Waals surface area contributed by atoms with Gasteiger partial charge in [-0.15, -0.1) is 12.4 Å². The van der Waals surface area contributed by atoms with E-state index in [1.54, 1.807) is 13.8 Å². The number of amides is 1. The number of benzene rings is 1. The van der Waals surface area contributed by atoms with Gasteiger partial charge >= 0.3 is 0 Å².